The SMILES string of the molecule is COc1ccc(Oc2ccc(/C(=C/C3(/C=C(/c4ccc(Oc5ccc(OC)cc5)cc4)c4ccc(N5CCCC5)cc4)OC(=O)c4c(Cl)c(Cl)c(Cl)c(Cl)c43)c3ccc(N4CCCC4)cc3)cc2)cc1. The Balaban J connectivity index is 1.17. The van der Waals surface area contributed by atoms with Crippen LogP contribution < -0.4 is 28.7 Å². The number of nitrogens with zero attached hydrogens (tertiary/aromatic N) is 2. The summed E-state index contributed by atoms with van der Waals surface area (Å²) in [5, 5.41) is -0.0380. The van der Waals surface area contributed by atoms with Crippen LogP contribution in [0.4, 0.5) is 11.4 Å². The number of hydrogen-bond acceptors (Lipinski definition) is 8. The molecule has 3 aliphatic rings. The van der Waals surface area contributed by atoms with Crippen LogP contribution in [0.25, 0.3) is 11.1 Å². The van der Waals surface area contributed by atoms with E-state index in [2.05, 4.69) is 58.3 Å². The first-order chi connectivity index (χ1) is 34.1. The fraction of sp³-hybridized carbons (Fsp3) is 0.190. The second-order valence-corrected chi connectivity index (χ2v) is 18.9. The lowest BCUT2D eigenvalue weighted by Gasteiger charge is -2.28. The van der Waals surface area contributed by atoms with Gasteiger partial charge in [-0.1, -0.05) is 94.9 Å². The average molecular weight is 1010 g/mol. The molecule has 2 fully saturated rings. The summed E-state index contributed by atoms with van der Waals surface area (Å²) in [5.41, 5.74) is 5.70. The number of ether oxygens (including phenoxy) is 5. The van der Waals surface area contributed by atoms with E-state index in [1.54, 1.807) is 14.2 Å². The fourth-order valence-electron chi connectivity index (χ4n) is 9.41. The first-order valence-electron chi connectivity index (χ1n) is 23.2. The summed E-state index contributed by atoms with van der Waals surface area (Å²) in [5.74, 6) is 3.32. The lowest BCUT2D eigenvalue weighted by atomic mass is 9.83. The quantitative estimate of drug-likeness (QED) is 0.0606. The van der Waals surface area contributed by atoms with Crippen LogP contribution in [0.2, 0.25) is 20.1 Å². The molecule has 0 amide bonds. The van der Waals surface area contributed by atoms with Gasteiger partial charge in [0.1, 0.15) is 34.5 Å². The van der Waals surface area contributed by atoms with Gasteiger partial charge in [0.2, 0.25) is 0 Å². The molecule has 0 atom stereocenters. The Labute approximate surface area is 428 Å². The molecule has 10 rings (SSSR count). The maximum Gasteiger partial charge on any atom is 0.341 e. The van der Waals surface area contributed by atoms with Crippen molar-refractivity contribution in [1.82, 2.24) is 0 Å². The highest BCUT2D eigenvalue weighted by Crippen LogP contribution is 2.54. The molecule has 0 aliphatic carbocycles. The van der Waals surface area contributed by atoms with Crippen molar-refractivity contribution in [3.63, 3.8) is 0 Å². The van der Waals surface area contributed by atoms with Crippen molar-refractivity contribution in [2.24, 2.45) is 0 Å². The molecule has 3 heterocycles. The smallest absolute Gasteiger partial charge is 0.341 e. The number of cyclic esters (lactones) is 1. The maximum absolute atomic E-state index is 14.5. The Morgan fingerprint density at radius 3 is 1.13 bits per heavy atom. The van der Waals surface area contributed by atoms with Crippen LogP contribution in [0.15, 0.2) is 158 Å². The molecule has 2 saturated heterocycles. The van der Waals surface area contributed by atoms with Gasteiger partial charge in [0.05, 0.1) is 39.9 Å². The third-order valence-corrected chi connectivity index (χ3v) is 14.9. The maximum atomic E-state index is 14.5. The van der Waals surface area contributed by atoms with Crippen molar-refractivity contribution < 1.29 is 28.5 Å². The van der Waals surface area contributed by atoms with Gasteiger partial charge in [0.15, 0.2) is 5.60 Å². The zero-order valence-corrected chi connectivity index (χ0v) is 41.5. The van der Waals surface area contributed by atoms with Gasteiger partial charge in [-0.2, -0.15) is 0 Å². The van der Waals surface area contributed by atoms with Gasteiger partial charge < -0.3 is 33.5 Å². The fourth-order valence-corrected chi connectivity index (χ4v) is 10.5. The highest BCUT2D eigenvalue weighted by molar-refractivity contribution is 6.53. The number of carbonyl (C=O) groups is 1. The summed E-state index contributed by atoms with van der Waals surface area (Å²) in [7, 11) is 3.25. The third-order valence-electron chi connectivity index (χ3n) is 13.1. The van der Waals surface area contributed by atoms with Gasteiger partial charge in [0.25, 0.3) is 0 Å². The third kappa shape index (κ3) is 9.66. The van der Waals surface area contributed by atoms with Gasteiger partial charge in [-0.15, -0.1) is 0 Å². The minimum atomic E-state index is -1.70. The van der Waals surface area contributed by atoms with Crippen LogP contribution in [0.1, 0.15) is 63.9 Å². The van der Waals surface area contributed by atoms with E-state index in [1.165, 1.54) is 0 Å². The van der Waals surface area contributed by atoms with E-state index in [9.17, 15) is 4.79 Å². The second-order valence-electron chi connectivity index (χ2n) is 17.4. The van der Waals surface area contributed by atoms with E-state index in [-0.39, 0.29) is 31.2 Å². The number of fused-ring (bicyclic) bond motifs is 1. The summed E-state index contributed by atoms with van der Waals surface area (Å²) >= 11 is 27.9. The molecule has 7 aromatic rings. The average Bonchev–Trinajstić information content (AvgIpc) is 4.20. The number of benzene rings is 7. The van der Waals surface area contributed by atoms with Crippen LogP contribution in [0.3, 0.4) is 0 Å². The van der Waals surface area contributed by atoms with Gasteiger partial charge in [-0.25, -0.2) is 4.79 Å². The normalized spacial score (nSPS) is 15.5. The van der Waals surface area contributed by atoms with E-state index in [1.807, 2.05) is 109 Å². The predicted molar refractivity (Wildman–Crippen MR) is 283 cm³/mol. The molecule has 0 saturated carbocycles. The van der Waals surface area contributed by atoms with Crippen LogP contribution in [0, 0.1) is 0 Å². The number of hydrogen-bond donors (Lipinski definition) is 0. The van der Waals surface area contributed by atoms with Crippen molar-refractivity contribution in [2.75, 3.05) is 50.2 Å². The molecule has 354 valence electrons. The topological polar surface area (TPSA) is 69.7 Å². The molecule has 0 aromatic heterocycles. The molecule has 0 radical (unpaired) electrons. The van der Waals surface area contributed by atoms with Gasteiger partial charge in [-0.3, -0.25) is 0 Å². The molecule has 12 heteroatoms. The monoisotopic (exact) mass is 1010 g/mol. The number of halogens is 4. The van der Waals surface area contributed by atoms with Crippen molar-refractivity contribution in [1.29, 1.82) is 0 Å². The van der Waals surface area contributed by atoms with Crippen LogP contribution in [0.5, 0.6) is 34.5 Å². The van der Waals surface area contributed by atoms with Crippen molar-refractivity contribution in [3.8, 4) is 34.5 Å². The number of anilines is 2. The minimum absolute atomic E-state index is 0.00431. The molecule has 70 heavy (non-hydrogen) atoms. The standard InChI is InChI=1S/C58H48Cl4N2O6/c1-66-43-23-27-47(28-24-43)68-45-19-11-39(12-20-45)49(37-7-15-41(16-8-37)63-31-3-4-32-63)35-58(52-51(57(65)70-58)53(59)55(61)56(62)54(52)60)36-50(38-9-17-42(18-10-38)64-33-5-6-34-64)40-13-21-46(22-14-40)69-48-29-25-44(67-2)26-30-48/h7-30,35-36H,3-6,31-34H2,1-2H3/b49-35+,50-36+. The summed E-state index contributed by atoms with van der Waals surface area (Å²) in [6.07, 6.45) is 8.47. The molecule has 7 aromatic carbocycles. The zero-order valence-electron chi connectivity index (χ0n) is 38.5. The Morgan fingerprint density at radius 2 is 0.771 bits per heavy atom. The summed E-state index contributed by atoms with van der Waals surface area (Å²) in [6, 6.07) is 47.3. The molecule has 8 nitrogen and oxygen atoms in total. The van der Waals surface area contributed by atoms with Crippen molar-refractivity contribution >= 4 is 74.9 Å². The minimum Gasteiger partial charge on any atom is -0.497 e. The molecular formula is C58H48Cl4N2O6. The molecule has 0 unspecified atom stereocenters. The Bertz CT molecular complexity index is 2910. The lowest BCUT2D eigenvalue weighted by molar-refractivity contribution is 0.0300. The van der Waals surface area contributed by atoms with Gasteiger partial charge >= 0.3 is 5.97 Å². The Kier molecular flexibility index (Phi) is 13.8. The summed E-state index contributed by atoms with van der Waals surface area (Å²) < 4.78 is 29.9. The van der Waals surface area contributed by atoms with Crippen LogP contribution in [-0.4, -0.2) is 46.4 Å². The van der Waals surface area contributed by atoms with E-state index < -0.39 is 11.6 Å². The first kappa shape index (κ1) is 47.1. The number of carbonyl (C=O) groups excluding carboxylic acids is 1. The molecule has 0 spiro atoms. The van der Waals surface area contributed by atoms with Crippen LogP contribution in [-0.2, 0) is 10.3 Å². The zero-order chi connectivity index (χ0) is 48.4. The Hall–Kier alpha value is -6.55. The first-order valence-corrected chi connectivity index (χ1v) is 24.7. The highest BCUT2D eigenvalue weighted by atomic mass is 35.5. The van der Waals surface area contributed by atoms with E-state index >= 15 is 0 Å². The van der Waals surface area contributed by atoms with E-state index in [4.69, 9.17) is 70.1 Å². The van der Waals surface area contributed by atoms with Crippen LogP contribution >= 0.6 is 46.4 Å². The number of methoxy groups -OCH3 is 2. The molecular weight excluding hydrogens is 962 g/mol. The predicted octanol–water partition coefficient (Wildman–Crippen LogP) is 15.7. The molecule has 0 bridgehead atoms. The number of esters is 1. The molecule has 0 N–H and O–H groups in total. The second kappa shape index (κ2) is 20.4. The molecule has 3 aliphatic heterocycles. The number of rotatable bonds is 14. The van der Waals surface area contributed by atoms with E-state index in [0.717, 1.165) is 108 Å². The van der Waals surface area contributed by atoms with Crippen molar-refractivity contribution in [2.45, 2.75) is 31.3 Å². The van der Waals surface area contributed by atoms with Crippen molar-refractivity contribution in [3.05, 3.63) is 211 Å². The lowest BCUT2D eigenvalue weighted by Crippen LogP contribution is -2.23. The van der Waals surface area contributed by atoms with Gasteiger partial charge in [0, 0.05) is 43.1 Å². The highest BCUT2D eigenvalue weighted by Gasteiger charge is 2.48. The largest absolute Gasteiger partial charge is 0.497 e. The summed E-state index contributed by atoms with van der Waals surface area (Å²) in [6.45, 7) is 3.99. The Morgan fingerprint density at radius 1 is 0.457 bits per heavy atom. The van der Waals surface area contributed by atoms with E-state index in [0.29, 0.717) is 23.0 Å². The summed E-state index contributed by atoms with van der Waals surface area (Å²) in [4.78, 5) is 19.3. The van der Waals surface area contributed by atoms with Gasteiger partial charge in [-0.05, 0) is 168 Å².